The second kappa shape index (κ2) is 7.27. The van der Waals surface area contributed by atoms with Crippen molar-refractivity contribution in [2.45, 2.75) is 51.6 Å². The number of carbonyl (C=O) groups is 1. The first kappa shape index (κ1) is 17.7. The molecule has 0 bridgehead atoms. The number of hydrogen-bond acceptors (Lipinski definition) is 4. The highest BCUT2D eigenvalue weighted by molar-refractivity contribution is 7.88. The zero-order chi connectivity index (χ0) is 16.3. The Labute approximate surface area is 134 Å². The molecule has 2 aliphatic rings. The maximum Gasteiger partial charge on any atom is 0.223 e. The first-order valence-electron chi connectivity index (χ1n) is 8.27. The van der Waals surface area contributed by atoms with Gasteiger partial charge in [-0.05, 0) is 39.5 Å². The summed E-state index contributed by atoms with van der Waals surface area (Å²) in [6.45, 7) is 7.40. The molecule has 2 heterocycles. The van der Waals surface area contributed by atoms with Crippen LogP contribution in [0.2, 0.25) is 0 Å². The van der Waals surface area contributed by atoms with Gasteiger partial charge in [0.25, 0.3) is 0 Å². The summed E-state index contributed by atoms with van der Waals surface area (Å²) in [5.41, 5.74) is 0. The lowest BCUT2D eigenvalue weighted by atomic mass is 9.95. The summed E-state index contributed by atoms with van der Waals surface area (Å²) in [4.78, 5) is 14.8. The van der Waals surface area contributed by atoms with Crippen LogP contribution in [-0.2, 0) is 14.8 Å². The Morgan fingerprint density at radius 2 is 1.59 bits per heavy atom. The van der Waals surface area contributed by atoms with Gasteiger partial charge in [-0.25, -0.2) is 12.7 Å². The number of nitrogens with one attached hydrogen (secondary N) is 1. The van der Waals surface area contributed by atoms with Gasteiger partial charge in [0.2, 0.25) is 15.9 Å². The summed E-state index contributed by atoms with van der Waals surface area (Å²) in [7, 11) is -3.12. The average Bonchev–Trinajstić information content (AvgIpc) is 2.47. The smallest absolute Gasteiger partial charge is 0.223 e. The molecule has 1 N–H and O–H groups in total. The van der Waals surface area contributed by atoms with Crippen molar-refractivity contribution in [2.75, 3.05) is 32.4 Å². The van der Waals surface area contributed by atoms with Crippen LogP contribution < -0.4 is 5.32 Å². The number of amides is 1. The third-order valence-electron chi connectivity index (χ3n) is 4.90. The van der Waals surface area contributed by atoms with Crippen LogP contribution in [0.3, 0.4) is 0 Å². The van der Waals surface area contributed by atoms with Crippen LogP contribution >= 0.6 is 0 Å². The van der Waals surface area contributed by atoms with Crippen molar-refractivity contribution in [3.63, 3.8) is 0 Å². The predicted octanol–water partition coefficient (Wildman–Crippen LogP) is 0.647. The normalized spacial score (nSPS) is 23.8. The molecule has 128 valence electrons. The molecule has 0 saturated carbocycles. The Bertz CT molecular complexity index is 476. The van der Waals surface area contributed by atoms with Crippen molar-refractivity contribution < 1.29 is 13.2 Å². The van der Waals surface area contributed by atoms with Gasteiger partial charge in [-0.1, -0.05) is 0 Å². The molecule has 1 amide bonds. The minimum Gasteiger partial charge on any atom is -0.353 e. The fourth-order valence-electron chi connectivity index (χ4n) is 3.33. The van der Waals surface area contributed by atoms with Crippen molar-refractivity contribution in [3.05, 3.63) is 0 Å². The van der Waals surface area contributed by atoms with E-state index in [2.05, 4.69) is 24.1 Å². The van der Waals surface area contributed by atoms with E-state index in [0.717, 1.165) is 25.9 Å². The minimum atomic E-state index is -3.12. The van der Waals surface area contributed by atoms with E-state index in [-0.39, 0.29) is 17.9 Å². The Morgan fingerprint density at radius 1 is 1.05 bits per heavy atom. The van der Waals surface area contributed by atoms with Crippen LogP contribution in [0.4, 0.5) is 0 Å². The van der Waals surface area contributed by atoms with Crippen LogP contribution in [0.1, 0.15) is 39.5 Å². The molecule has 0 aliphatic carbocycles. The molecule has 0 aromatic rings. The number of piperidine rings is 2. The number of rotatable bonds is 4. The first-order chi connectivity index (χ1) is 10.3. The largest absolute Gasteiger partial charge is 0.353 e. The molecular weight excluding hydrogens is 302 g/mol. The Hall–Kier alpha value is -0.660. The zero-order valence-corrected chi connectivity index (χ0v) is 14.7. The van der Waals surface area contributed by atoms with Crippen molar-refractivity contribution in [1.29, 1.82) is 0 Å². The fourth-order valence-corrected chi connectivity index (χ4v) is 4.20. The van der Waals surface area contributed by atoms with Gasteiger partial charge in [0.15, 0.2) is 0 Å². The van der Waals surface area contributed by atoms with Crippen LogP contribution in [0.5, 0.6) is 0 Å². The molecule has 0 spiro atoms. The number of hydrogen-bond donors (Lipinski definition) is 1. The van der Waals surface area contributed by atoms with E-state index in [0.29, 0.717) is 32.0 Å². The maximum atomic E-state index is 12.3. The van der Waals surface area contributed by atoms with E-state index in [9.17, 15) is 13.2 Å². The SMILES string of the molecule is CC(C)N1CCC(NC(=O)C2CCN(S(C)(=O)=O)CC2)CC1. The number of nitrogens with zero attached hydrogens (tertiary/aromatic N) is 2. The van der Waals surface area contributed by atoms with E-state index in [1.54, 1.807) is 0 Å². The minimum absolute atomic E-state index is 0.0406. The summed E-state index contributed by atoms with van der Waals surface area (Å²) >= 11 is 0. The molecule has 0 unspecified atom stereocenters. The van der Waals surface area contributed by atoms with E-state index < -0.39 is 10.0 Å². The highest BCUT2D eigenvalue weighted by Gasteiger charge is 2.30. The van der Waals surface area contributed by atoms with Crippen molar-refractivity contribution in [2.24, 2.45) is 5.92 Å². The maximum absolute atomic E-state index is 12.3. The summed E-state index contributed by atoms with van der Waals surface area (Å²) < 4.78 is 24.4. The van der Waals surface area contributed by atoms with Gasteiger partial charge in [0.05, 0.1) is 6.26 Å². The van der Waals surface area contributed by atoms with Gasteiger partial charge in [-0.2, -0.15) is 0 Å². The summed E-state index contributed by atoms with van der Waals surface area (Å²) in [5.74, 6) is 0.0669. The van der Waals surface area contributed by atoms with Gasteiger partial charge in [-0.3, -0.25) is 4.79 Å². The predicted molar refractivity (Wildman–Crippen MR) is 87.0 cm³/mol. The van der Waals surface area contributed by atoms with Crippen LogP contribution in [-0.4, -0.2) is 68.0 Å². The fraction of sp³-hybridized carbons (Fsp3) is 0.933. The molecule has 0 aromatic carbocycles. The second-order valence-electron chi connectivity index (χ2n) is 6.85. The molecule has 0 aromatic heterocycles. The number of carbonyl (C=O) groups excluding carboxylic acids is 1. The monoisotopic (exact) mass is 331 g/mol. The number of likely N-dealkylation sites (tertiary alicyclic amines) is 1. The number of sulfonamides is 1. The Kier molecular flexibility index (Phi) is 5.85. The Balaban J connectivity index is 1.75. The standard InChI is InChI=1S/C15H29N3O3S/c1-12(2)17-8-6-14(7-9-17)16-15(19)13-4-10-18(11-5-13)22(3,20)21/h12-14H,4-11H2,1-3H3,(H,16,19). The van der Waals surface area contributed by atoms with Gasteiger partial charge in [0.1, 0.15) is 0 Å². The second-order valence-corrected chi connectivity index (χ2v) is 8.83. The van der Waals surface area contributed by atoms with E-state index in [4.69, 9.17) is 0 Å². The van der Waals surface area contributed by atoms with Crippen molar-refractivity contribution in [3.8, 4) is 0 Å². The molecule has 22 heavy (non-hydrogen) atoms. The summed E-state index contributed by atoms with van der Waals surface area (Å²) in [6.07, 6.45) is 4.50. The van der Waals surface area contributed by atoms with Gasteiger partial charge in [0, 0.05) is 44.2 Å². The zero-order valence-electron chi connectivity index (χ0n) is 13.9. The molecular formula is C15H29N3O3S. The van der Waals surface area contributed by atoms with Crippen molar-refractivity contribution >= 4 is 15.9 Å². The first-order valence-corrected chi connectivity index (χ1v) is 10.1. The molecule has 0 atom stereocenters. The molecule has 0 radical (unpaired) electrons. The van der Waals surface area contributed by atoms with Crippen LogP contribution in [0.15, 0.2) is 0 Å². The van der Waals surface area contributed by atoms with Crippen LogP contribution in [0.25, 0.3) is 0 Å². The molecule has 2 aliphatic heterocycles. The highest BCUT2D eigenvalue weighted by Crippen LogP contribution is 2.20. The topological polar surface area (TPSA) is 69.7 Å². The Morgan fingerprint density at radius 3 is 2.05 bits per heavy atom. The highest BCUT2D eigenvalue weighted by atomic mass is 32.2. The van der Waals surface area contributed by atoms with E-state index >= 15 is 0 Å². The summed E-state index contributed by atoms with van der Waals surface area (Å²) in [6, 6.07) is 0.840. The lowest BCUT2D eigenvalue weighted by molar-refractivity contribution is -0.127. The molecule has 2 fully saturated rings. The third kappa shape index (κ3) is 4.67. The van der Waals surface area contributed by atoms with Gasteiger partial charge < -0.3 is 10.2 Å². The quantitative estimate of drug-likeness (QED) is 0.821. The van der Waals surface area contributed by atoms with E-state index in [1.165, 1.54) is 10.6 Å². The molecule has 7 heteroatoms. The average molecular weight is 331 g/mol. The molecule has 6 nitrogen and oxygen atoms in total. The van der Waals surface area contributed by atoms with E-state index in [1.807, 2.05) is 0 Å². The molecule has 2 saturated heterocycles. The van der Waals surface area contributed by atoms with Crippen LogP contribution in [0, 0.1) is 5.92 Å². The van der Waals surface area contributed by atoms with Gasteiger partial charge in [-0.15, -0.1) is 0 Å². The van der Waals surface area contributed by atoms with Gasteiger partial charge >= 0.3 is 0 Å². The molecule has 2 rings (SSSR count). The lowest BCUT2D eigenvalue weighted by Gasteiger charge is -2.36. The van der Waals surface area contributed by atoms with Crippen molar-refractivity contribution in [1.82, 2.24) is 14.5 Å². The third-order valence-corrected chi connectivity index (χ3v) is 6.20. The summed E-state index contributed by atoms with van der Waals surface area (Å²) in [5, 5.41) is 3.17. The lowest BCUT2D eigenvalue weighted by Crippen LogP contribution is -2.49.